The summed E-state index contributed by atoms with van der Waals surface area (Å²) in [6, 6.07) is 1.88. The summed E-state index contributed by atoms with van der Waals surface area (Å²) >= 11 is 3.36. The van der Waals surface area contributed by atoms with Gasteiger partial charge < -0.3 is 10.1 Å². The van der Waals surface area contributed by atoms with Gasteiger partial charge in [-0.2, -0.15) is 0 Å². The summed E-state index contributed by atoms with van der Waals surface area (Å²) < 4.78 is 6.35. The van der Waals surface area contributed by atoms with Gasteiger partial charge in [0.05, 0.1) is 5.60 Å². The Morgan fingerprint density at radius 3 is 2.75 bits per heavy atom. The largest absolute Gasteiger partial charge is 0.376 e. The standard InChI is InChI=1S/C11H16BrN3O/c1-8-14-9(12)6-10(15-8)13-7-11(16-2)4-3-5-11/h6H,3-5,7H2,1-2H3,(H,13,14,15). The molecule has 1 saturated carbocycles. The highest BCUT2D eigenvalue weighted by atomic mass is 79.9. The van der Waals surface area contributed by atoms with E-state index in [4.69, 9.17) is 4.74 Å². The Labute approximate surface area is 104 Å². The van der Waals surface area contributed by atoms with E-state index in [-0.39, 0.29) is 5.60 Å². The van der Waals surface area contributed by atoms with Crippen molar-refractivity contribution in [3.8, 4) is 0 Å². The minimum Gasteiger partial charge on any atom is -0.376 e. The van der Waals surface area contributed by atoms with Crippen molar-refractivity contribution in [3.63, 3.8) is 0 Å². The number of halogens is 1. The third kappa shape index (κ3) is 2.52. The first-order valence-corrected chi connectivity index (χ1v) is 6.23. The number of methoxy groups -OCH3 is 1. The van der Waals surface area contributed by atoms with Gasteiger partial charge in [-0.1, -0.05) is 0 Å². The summed E-state index contributed by atoms with van der Waals surface area (Å²) in [6.07, 6.45) is 3.51. The van der Waals surface area contributed by atoms with Gasteiger partial charge in [-0.15, -0.1) is 0 Å². The SMILES string of the molecule is COC1(CNc2cc(Br)nc(C)n2)CCC1. The maximum absolute atomic E-state index is 5.54. The fourth-order valence-corrected chi connectivity index (χ4v) is 2.37. The number of nitrogens with zero attached hydrogens (tertiary/aromatic N) is 2. The van der Waals surface area contributed by atoms with Gasteiger partial charge in [0.2, 0.25) is 0 Å². The van der Waals surface area contributed by atoms with Crippen molar-refractivity contribution in [1.29, 1.82) is 0 Å². The van der Waals surface area contributed by atoms with E-state index in [0.717, 1.165) is 35.6 Å². The number of rotatable bonds is 4. The van der Waals surface area contributed by atoms with Gasteiger partial charge in [0, 0.05) is 19.7 Å². The molecule has 1 heterocycles. The van der Waals surface area contributed by atoms with Crippen molar-refractivity contribution in [1.82, 2.24) is 9.97 Å². The summed E-state index contributed by atoms with van der Waals surface area (Å²) in [5.74, 6) is 1.61. The molecule has 88 valence electrons. The average molecular weight is 286 g/mol. The number of hydrogen-bond donors (Lipinski definition) is 1. The van der Waals surface area contributed by atoms with Gasteiger partial charge in [-0.05, 0) is 42.1 Å². The Morgan fingerprint density at radius 1 is 1.50 bits per heavy atom. The van der Waals surface area contributed by atoms with Crippen LogP contribution in [0.15, 0.2) is 10.7 Å². The average Bonchev–Trinajstić information content (AvgIpc) is 2.15. The topological polar surface area (TPSA) is 47.0 Å². The zero-order chi connectivity index (χ0) is 11.6. The van der Waals surface area contributed by atoms with Crippen LogP contribution >= 0.6 is 15.9 Å². The molecule has 0 radical (unpaired) electrons. The van der Waals surface area contributed by atoms with E-state index in [1.807, 2.05) is 13.0 Å². The Balaban J connectivity index is 1.98. The van der Waals surface area contributed by atoms with Crippen LogP contribution in [0.1, 0.15) is 25.1 Å². The molecule has 0 amide bonds. The zero-order valence-electron chi connectivity index (χ0n) is 9.59. The Morgan fingerprint density at radius 2 is 2.25 bits per heavy atom. The molecule has 1 aliphatic rings. The minimum absolute atomic E-state index is 0.0192. The predicted octanol–water partition coefficient (Wildman–Crippen LogP) is 2.53. The first-order valence-electron chi connectivity index (χ1n) is 5.44. The van der Waals surface area contributed by atoms with Crippen LogP contribution in [0.5, 0.6) is 0 Å². The fourth-order valence-electron chi connectivity index (χ4n) is 1.90. The number of anilines is 1. The van der Waals surface area contributed by atoms with Gasteiger partial charge in [0.1, 0.15) is 16.2 Å². The van der Waals surface area contributed by atoms with E-state index in [1.54, 1.807) is 7.11 Å². The molecule has 1 fully saturated rings. The Bertz CT molecular complexity index is 354. The highest BCUT2D eigenvalue weighted by Crippen LogP contribution is 2.35. The molecular formula is C11H16BrN3O. The molecule has 1 N–H and O–H groups in total. The van der Waals surface area contributed by atoms with E-state index >= 15 is 0 Å². The van der Waals surface area contributed by atoms with Crippen LogP contribution in [-0.4, -0.2) is 29.2 Å². The summed E-state index contributed by atoms with van der Waals surface area (Å²) in [7, 11) is 1.78. The molecule has 0 bridgehead atoms. The Kier molecular flexibility index (Phi) is 3.44. The van der Waals surface area contributed by atoms with E-state index in [0.29, 0.717) is 0 Å². The molecule has 0 aromatic carbocycles. The smallest absolute Gasteiger partial charge is 0.130 e. The van der Waals surface area contributed by atoms with Crippen molar-refractivity contribution < 1.29 is 4.74 Å². The highest BCUT2D eigenvalue weighted by molar-refractivity contribution is 9.10. The van der Waals surface area contributed by atoms with Crippen LogP contribution in [0.4, 0.5) is 5.82 Å². The van der Waals surface area contributed by atoms with Crippen LogP contribution in [0.3, 0.4) is 0 Å². The molecule has 1 aromatic heterocycles. The number of hydrogen-bond acceptors (Lipinski definition) is 4. The monoisotopic (exact) mass is 285 g/mol. The third-order valence-electron chi connectivity index (χ3n) is 3.10. The van der Waals surface area contributed by atoms with Crippen LogP contribution in [0.2, 0.25) is 0 Å². The second-order valence-corrected chi connectivity index (χ2v) is 5.03. The van der Waals surface area contributed by atoms with Crippen LogP contribution in [-0.2, 0) is 4.74 Å². The molecular weight excluding hydrogens is 270 g/mol. The second-order valence-electron chi connectivity index (χ2n) is 4.22. The summed E-state index contributed by atoms with van der Waals surface area (Å²) in [5, 5.41) is 3.31. The number of nitrogens with one attached hydrogen (secondary N) is 1. The van der Waals surface area contributed by atoms with Gasteiger partial charge in [0.25, 0.3) is 0 Å². The number of aromatic nitrogens is 2. The first-order chi connectivity index (χ1) is 7.63. The molecule has 4 nitrogen and oxygen atoms in total. The minimum atomic E-state index is 0.0192. The molecule has 0 aliphatic heterocycles. The van der Waals surface area contributed by atoms with Crippen molar-refractivity contribution >= 4 is 21.7 Å². The molecule has 1 aliphatic carbocycles. The molecule has 2 rings (SSSR count). The van der Waals surface area contributed by atoms with E-state index in [1.165, 1.54) is 6.42 Å². The molecule has 0 unspecified atom stereocenters. The number of ether oxygens (including phenoxy) is 1. The van der Waals surface area contributed by atoms with Gasteiger partial charge in [-0.25, -0.2) is 9.97 Å². The molecule has 16 heavy (non-hydrogen) atoms. The highest BCUT2D eigenvalue weighted by Gasteiger charge is 2.36. The lowest BCUT2D eigenvalue weighted by atomic mass is 9.80. The van der Waals surface area contributed by atoms with Crippen molar-refractivity contribution in [2.24, 2.45) is 0 Å². The van der Waals surface area contributed by atoms with E-state index < -0.39 is 0 Å². The van der Waals surface area contributed by atoms with Gasteiger partial charge >= 0.3 is 0 Å². The molecule has 0 spiro atoms. The van der Waals surface area contributed by atoms with Gasteiger partial charge in [0.15, 0.2) is 0 Å². The van der Waals surface area contributed by atoms with Gasteiger partial charge in [-0.3, -0.25) is 0 Å². The first kappa shape index (κ1) is 11.8. The normalized spacial score (nSPS) is 17.9. The zero-order valence-corrected chi connectivity index (χ0v) is 11.2. The van der Waals surface area contributed by atoms with E-state index in [2.05, 4.69) is 31.2 Å². The van der Waals surface area contributed by atoms with Crippen molar-refractivity contribution in [2.45, 2.75) is 31.8 Å². The quantitative estimate of drug-likeness (QED) is 0.864. The fraction of sp³-hybridized carbons (Fsp3) is 0.636. The molecule has 0 atom stereocenters. The summed E-state index contributed by atoms with van der Waals surface area (Å²) in [6.45, 7) is 2.69. The second kappa shape index (κ2) is 4.67. The lowest BCUT2D eigenvalue weighted by molar-refractivity contribution is -0.0601. The third-order valence-corrected chi connectivity index (χ3v) is 3.50. The lowest BCUT2D eigenvalue weighted by Crippen LogP contribution is -2.45. The Hall–Kier alpha value is -0.680. The van der Waals surface area contributed by atoms with Crippen molar-refractivity contribution in [3.05, 3.63) is 16.5 Å². The molecule has 1 aromatic rings. The summed E-state index contributed by atoms with van der Waals surface area (Å²) in [4.78, 5) is 8.49. The maximum Gasteiger partial charge on any atom is 0.130 e. The van der Waals surface area contributed by atoms with Crippen LogP contribution in [0.25, 0.3) is 0 Å². The van der Waals surface area contributed by atoms with E-state index in [9.17, 15) is 0 Å². The predicted molar refractivity (Wildman–Crippen MR) is 66.5 cm³/mol. The molecule has 0 saturated heterocycles. The number of aryl methyl sites for hydroxylation is 1. The van der Waals surface area contributed by atoms with Crippen LogP contribution in [0, 0.1) is 6.92 Å². The van der Waals surface area contributed by atoms with Crippen LogP contribution < -0.4 is 5.32 Å². The maximum atomic E-state index is 5.54. The summed E-state index contributed by atoms with van der Waals surface area (Å²) in [5.41, 5.74) is 0.0192. The van der Waals surface area contributed by atoms with Crippen molar-refractivity contribution in [2.75, 3.05) is 19.0 Å². The molecule has 5 heteroatoms. The lowest BCUT2D eigenvalue weighted by Gasteiger charge is -2.40.